The highest BCUT2D eigenvalue weighted by Gasteiger charge is 2.08. The van der Waals surface area contributed by atoms with Gasteiger partial charge in [0.25, 0.3) is 0 Å². The van der Waals surface area contributed by atoms with Crippen LogP contribution < -0.4 is 5.32 Å². The summed E-state index contributed by atoms with van der Waals surface area (Å²) < 4.78 is 0. The Morgan fingerprint density at radius 2 is 1.85 bits per heavy atom. The van der Waals surface area contributed by atoms with Crippen molar-refractivity contribution in [2.75, 3.05) is 5.32 Å². The van der Waals surface area contributed by atoms with E-state index in [0.29, 0.717) is 0 Å². The molecule has 0 fully saturated rings. The highest BCUT2D eigenvalue weighted by atomic mass is 32.1. The molecule has 0 atom stereocenters. The number of nitrogens with one attached hydrogen (secondary N) is 1. The van der Waals surface area contributed by atoms with Crippen molar-refractivity contribution < 1.29 is 0 Å². The van der Waals surface area contributed by atoms with Crippen LogP contribution in [0.3, 0.4) is 0 Å². The van der Waals surface area contributed by atoms with Crippen LogP contribution in [0.25, 0.3) is 10.4 Å². The van der Waals surface area contributed by atoms with Crippen molar-refractivity contribution in [1.82, 2.24) is 15.0 Å². The molecule has 5 heteroatoms. The van der Waals surface area contributed by atoms with Gasteiger partial charge in [-0.15, -0.1) is 11.3 Å². The monoisotopic (exact) mass is 282 g/mol. The summed E-state index contributed by atoms with van der Waals surface area (Å²) in [6.07, 6.45) is 3.55. The lowest BCUT2D eigenvalue weighted by Crippen LogP contribution is -1.95. The molecule has 0 saturated carbocycles. The van der Waals surface area contributed by atoms with Gasteiger partial charge in [-0.1, -0.05) is 6.07 Å². The third kappa shape index (κ3) is 2.67. The first-order valence-electron chi connectivity index (χ1n) is 6.31. The molecule has 0 aliphatic rings. The summed E-state index contributed by atoms with van der Waals surface area (Å²) >= 11 is 1.70. The average molecular weight is 282 g/mol. The van der Waals surface area contributed by atoms with Crippen LogP contribution in [0.15, 0.2) is 42.7 Å². The molecule has 4 nitrogen and oxygen atoms in total. The van der Waals surface area contributed by atoms with E-state index in [1.807, 2.05) is 44.2 Å². The molecular formula is C15H14N4S. The van der Waals surface area contributed by atoms with Crippen molar-refractivity contribution in [1.29, 1.82) is 0 Å². The molecule has 0 aliphatic heterocycles. The first kappa shape index (κ1) is 12.7. The van der Waals surface area contributed by atoms with Crippen molar-refractivity contribution in [3.63, 3.8) is 0 Å². The van der Waals surface area contributed by atoms with E-state index in [2.05, 4.69) is 20.3 Å². The van der Waals surface area contributed by atoms with Gasteiger partial charge in [-0.3, -0.25) is 0 Å². The largest absolute Gasteiger partial charge is 0.325 e. The first-order valence-corrected chi connectivity index (χ1v) is 7.12. The van der Waals surface area contributed by atoms with E-state index >= 15 is 0 Å². The van der Waals surface area contributed by atoms with Crippen LogP contribution in [0.5, 0.6) is 0 Å². The summed E-state index contributed by atoms with van der Waals surface area (Å²) in [7, 11) is 0. The Morgan fingerprint density at radius 3 is 2.55 bits per heavy atom. The van der Waals surface area contributed by atoms with Crippen LogP contribution in [-0.4, -0.2) is 15.0 Å². The Bertz CT molecular complexity index is 722. The molecule has 3 aromatic rings. The molecule has 100 valence electrons. The third-order valence-electron chi connectivity index (χ3n) is 2.85. The SMILES string of the molecule is Cc1nc(C)c(-c2ccnc(Nc3ccccn3)c2)s1. The van der Waals surface area contributed by atoms with Crippen molar-refractivity contribution in [3.8, 4) is 10.4 Å². The van der Waals surface area contributed by atoms with Gasteiger partial charge in [0.2, 0.25) is 0 Å². The first-order chi connectivity index (χ1) is 9.72. The van der Waals surface area contributed by atoms with Gasteiger partial charge in [-0.05, 0) is 43.7 Å². The number of pyridine rings is 2. The van der Waals surface area contributed by atoms with Gasteiger partial charge in [0.05, 0.1) is 15.6 Å². The lowest BCUT2D eigenvalue weighted by molar-refractivity contribution is 1.20. The van der Waals surface area contributed by atoms with E-state index in [4.69, 9.17) is 0 Å². The topological polar surface area (TPSA) is 50.7 Å². The standard InChI is InChI=1S/C15H14N4S/c1-10-15(20-11(2)18-10)12-6-8-17-14(9-12)19-13-5-3-4-7-16-13/h3-9H,1-2H3,(H,16,17,19). The predicted molar refractivity (Wildman–Crippen MR) is 82.3 cm³/mol. The Labute approximate surface area is 121 Å². The van der Waals surface area contributed by atoms with Crippen LogP contribution in [0, 0.1) is 13.8 Å². The summed E-state index contributed by atoms with van der Waals surface area (Å²) in [4.78, 5) is 14.2. The normalized spacial score (nSPS) is 10.5. The molecule has 0 spiro atoms. The second-order valence-corrected chi connectivity index (χ2v) is 5.62. The Kier molecular flexibility index (Phi) is 3.43. The number of thiazole rings is 1. The molecule has 1 N–H and O–H groups in total. The van der Waals surface area contributed by atoms with Gasteiger partial charge >= 0.3 is 0 Å². The van der Waals surface area contributed by atoms with E-state index < -0.39 is 0 Å². The third-order valence-corrected chi connectivity index (χ3v) is 3.97. The average Bonchev–Trinajstić information content (AvgIpc) is 2.79. The van der Waals surface area contributed by atoms with Crippen molar-refractivity contribution in [2.45, 2.75) is 13.8 Å². The number of hydrogen-bond donors (Lipinski definition) is 1. The quantitative estimate of drug-likeness (QED) is 0.790. The molecule has 0 amide bonds. The Morgan fingerprint density at radius 1 is 1.00 bits per heavy atom. The highest BCUT2D eigenvalue weighted by molar-refractivity contribution is 7.15. The molecular weight excluding hydrogens is 268 g/mol. The summed E-state index contributed by atoms with van der Waals surface area (Å²) in [5.74, 6) is 1.57. The molecule has 3 rings (SSSR count). The van der Waals surface area contributed by atoms with E-state index in [-0.39, 0.29) is 0 Å². The minimum Gasteiger partial charge on any atom is -0.325 e. The number of nitrogens with zero attached hydrogens (tertiary/aromatic N) is 3. The number of aromatic nitrogens is 3. The van der Waals surface area contributed by atoms with Crippen LogP contribution in [0.1, 0.15) is 10.7 Å². The summed E-state index contributed by atoms with van der Waals surface area (Å²) in [6, 6.07) is 9.77. The molecule has 3 aromatic heterocycles. The van der Waals surface area contributed by atoms with Crippen molar-refractivity contribution in [2.24, 2.45) is 0 Å². The lowest BCUT2D eigenvalue weighted by atomic mass is 10.2. The molecule has 0 unspecified atom stereocenters. The van der Waals surface area contributed by atoms with Gasteiger partial charge in [0.1, 0.15) is 11.6 Å². The van der Waals surface area contributed by atoms with Gasteiger partial charge in [0, 0.05) is 12.4 Å². The zero-order valence-corrected chi connectivity index (χ0v) is 12.1. The van der Waals surface area contributed by atoms with Gasteiger partial charge in [0.15, 0.2) is 0 Å². The number of aryl methyl sites for hydroxylation is 2. The van der Waals surface area contributed by atoms with Crippen LogP contribution in [0.4, 0.5) is 11.6 Å². The second-order valence-electron chi connectivity index (χ2n) is 4.42. The summed E-state index contributed by atoms with van der Waals surface area (Å²) in [6.45, 7) is 4.06. The smallest absolute Gasteiger partial charge is 0.132 e. The summed E-state index contributed by atoms with van der Waals surface area (Å²) in [5, 5.41) is 4.28. The van der Waals surface area contributed by atoms with E-state index in [1.54, 1.807) is 23.7 Å². The zero-order valence-electron chi connectivity index (χ0n) is 11.3. The van der Waals surface area contributed by atoms with Crippen molar-refractivity contribution >= 4 is 23.0 Å². The van der Waals surface area contributed by atoms with E-state index in [0.717, 1.165) is 27.9 Å². The van der Waals surface area contributed by atoms with Gasteiger partial charge in [-0.25, -0.2) is 15.0 Å². The Balaban J connectivity index is 1.92. The Hall–Kier alpha value is -2.27. The van der Waals surface area contributed by atoms with Gasteiger partial charge < -0.3 is 5.32 Å². The molecule has 0 radical (unpaired) electrons. The fourth-order valence-corrected chi connectivity index (χ4v) is 2.92. The minimum absolute atomic E-state index is 0.784. The molecule has 20 heavy (non-hydrogen) atoms. The number of hydrogen-bond acceptors (Lipinski definition) is 5. The molecule has 3 heterocycles. The number of anilines is 2. The second kappa shape index (κ2) is 5.38. The maximum atomic E-state index is 4.47. The molecule has 0 aliphatic carbocycles. The highest BCUT2D eigenvalue weighted by Crippen LogP contribution is 2.30. The maximum absolute atomic E-state index is 4.47. The van der Waals surface area contributed by atoms with Crippen molar-refractivity contribution in [3.05, 3.63) is 53.4 Å². The van der Waals surface area contributed by atoms with E-state index in [1.165, 1.54) is 4.88 Å². The molecule has 0 saturated heterocycles. The maximum Gasteiger partial charge on any atom is 0.132 e. The predicted octanol–water partition coefficient (Wildman–Crippen LogP) is 3.96. The zero-order chi connectivity index (χ0) is 13.9. The van der Waals surface area contributed by atoms with Crippen LogP contribution in [0.2, 0.25) is 0 Å². The van der Waals surface area contributed by atoms with Gasteiger partial charge in [-0.2, -0.15) is 0 Å². The van der Waals surface area contributed by atoms with E-state index in [9.17, 15) is 0 Å². The minimum atomic E-state index is 0.784. The summed E-state index contributed by atoms with van der Waals surface area (Å²) in [5.41, 5.74) is 2.18. The fraction of sp³-hybridized carbons (Fsp3) is 0.133. The molecule has 0 bridgehead atoms. The number of rotatable bonds is 3. The molecule has 0 aromatic carbocycles. The van der Waals surface area contributed by atoms with Crippen LogP contribution in [-0.2, 0) is 0 Å². The lowest BCUT2D eigenvalue weighted by Gasteiger charge is -2.06. The fourth-order valence-electron chi connectivity index (χ4n) is 2.01. The van der Waals surface area contributed by atoms with Crippen LogP contribution >= 0.6 is 11.3 Å².